The zero-order valence-corrected chi connectivity index (χ0v) is 15.3. The Labute approximate surface area is 159 Å². The van der Waals surface area contributed by atoms with Crippen molar-refractivity contribution in [2.24, 2.45) is 0 Å². The summed E-state index contributed by atoms with van der Waals surface area (Å²) in [5, 5.41) is 2.92. The quantitative estimate of drug-likeness (QED) is 0.652. The summed E-state index contributed by atoms with van der Waals surface area (Å²) in [6.45, 7) is 1.77. The van der Waals surface area contributed by atoms with Crippen LogP contribution in [0, 0.1) is 6.92 Å². The molecule has 0 aliphatic heterocycles. The Kier molecular flexibility index (Phi) is 5.39. The highest BCUT2D eigenvalue weighted by molar-refractivity contribution is 5.59. The van der Waals surface area contributed by atoms with Crippen molar-refractivity contribution in [1.29, 1.82) is 0 Å². The van der Waals surface area contributed by atoms with Crippen LogP contribution in [0.3, 0.4) is 0 Å². The summed E-state index contributed by atoms with van der Waals surface area (Å²) >= 11 is 0. The van der Waals surface area contributed by atoms with E-state index in [4.69, 9.17) is 4.74 Å². The summed E-state index contributed by atoms with van der Waals surface area (Å²) in [4.78, 5) is 14.8. The fourth-order valence-corrected chi connectivity index (χ4v) is 2.86. The predicted molar refractivity (Wildman–Crippen MR) is 98.8 cm³/mol. The van der Waals surface area contributed by atoms with Gasteiger partial charge in [-0.2, -0.15) is 13.2 Å². The third-order valence-electron chi connectivity index (χ3n) is 4.32. The molecule has 0 atom stereocenters. The molecule has 146 valence electrons. The van der Waals surface area contributed by atoms with E-state index in [1.54, 1.807) is 4.57 Å². The van der Waals surface area contributed by atoms with Crippen LogP contribution < -0.4 is 20.2 Å². The number of benzene rings is 2. The van der Waals surface area contributed by atoms with Crippen molar-refractivity contribution >= 4 is 11.6 Å². The van der Waals surface area contributed by atoms with Gasteiger partial charge >= 0.3 is 17.7 Å². The first-order chi connectivity index (χ1) is 13.3. The minimum Gasteiger partial charge on any atom is -0.488 e. The fraction of sp³-hybridized carbons (Fsp3) is 0.200. The number of ether oxygens (including phenoxy) is 1. The monoisotopic (exact) mass is 390 g/mol. The van der Waals surface area contributed by atoms with Crippen LogP contribution in [0.15, 0.2) is 59.5 Å². The lowest BCUT2D eigenvalue weighted by Crippen LogP contribution is -2.40. The number of nitrogens with one attached hydrogen (secondary N) is 2. The van der Waals surface area contributed by atoms with Gasteiger partial charge in [0.2, 0.25) is 5.75 Å². The Balaban J connectivity index is 2.04. The van der Waals surface area contributed by atoms with E-state index >= 15 is 0 Å². The standard InChI is InChI=1S/C20H18F3N3O2/c1-13-15(20(21,22)23)9-6-10-16(13)24-19-25-18(27)17(28-2)12-26(19)11-14-7-4-3-5-8-14/h3-10,12H,11H2,1-2H3,(H,24,25,27)/p+1. The molecule has 0 saturated heterocycles. The number of rotatable bonds is 5. The van der Waals surface area contributed by atoms with E-state index in [-0.39, 0.29) is 22.9 Å². The molecule has 0 aliphatic rings. The van der Waals surface area contributed by atoms with Gasteiger partial charge in [0, 0.05) is 5.56 Å². The summed E-state index contributed by atoms with van der Waals surface area (Å²) < 4.78 is 46.3. The van der Waals surface area contributed by atoms with E-state index in [1.807, 2.05) is 30.3 Å². The maximum atomic E-state index is 13.2. The summed E-state index contributed by atoms with van der Waals surface area (Å²) in [7, 11) is 1.38. The van der Waals surface area contributed by atoms with Crippen LogP contribution in [0.4, 0.5) is 24.8 Å². The lowest BCUT2D eigenvalue weighted by molar-refractivity contribution is -0.677. The Hall–Kier alpha value is -3.29. The Morgan fingerprint density at radius 3 is 2.46 bits per heavy atom. The van der Waals surface area contributed by atoms with E-state index in [9.17, 15) is 18.0 Å². The number of hydrogen-bond acceptors (Lipinski definition) is 3. The van der Waals surface area contributed by atoms with Crippen LogP contribution in [-0.2, 0) is 12.7 Å². The number of aromatic nitrogens is 2. The largest absolute Gasteiger partial charge is 0.488 e. The van der Waals surface area contributed by atoms with Crippen LogP contribution in [-0.4, -0.2) is 12.1 Å². The highest BCUT2D eigenvalue weighted by Crippen LogP contribution is 2.34. The van der Waals surface area contributed by atoms with Gasteiger partial charge in [0.15, 0.2) is 0 Å². The van der Waals surface area contributed by atoms with Crippen molar-refractivity contribution in [3.63, 3.8) is 0 Å². The zero-order valence-electron chi connectivity index (χ0n) is 15.3. The molecular formula is C20H19F3N3O2+. The molecule has 1 aromatic heterocycles. The summed E-state index contributed by atoms with van der Waals surface area (Å²) in [5.74, 6) is 0.347. The first-order valence-electron chi connectivity index (χ1n) is 8.48. The number of methoxy groups -OCH3 is 1. The third-order valence-corrected chi connectivity index (χ3v) is 4.32. The van der Waals surface area contributed by atoms with Crippen LogP contribution in [0.5, 0.6) is 5.75 Å². The smallest absolute Gasteiger partial charge is 0.416 e. The van der Waals surface area contributed by atoms with Gasteiger partial charge in [0.25, 0.3) is 0 Å². The molecule has 0 unspecified atom stereocenters. The predicted octanol–water partition coefficient (Wildman–Crippen LogP) is 3.79. The number of nitrogens with zero attached hydrogens (tertiary/aromatic N) is 1. The average molecular weight is 390 g/mol. The number of anilines is 2. The van der Waals surface area contributed by atoms with E-state index in [1.165, 1.54) is 32.4 Å². The second-order valence-corrected chi connectivity index (χ2v) is 6.21. The maximum Gasteiger partial charge on any atom is 0.416 e. The lowest BCUT2D eigenvalue weighted by Gasteiger charge is -2.14. The van der Waals surface area contributed by atoms with Crippen molar-refractivity contribution < 1.29 is 22.5 Å². The Morgan fingerprint density at radius 2 is 1.82 bits per heavy atom. The first-order valence-corrected chi connectivity index (χ1v) is 8.48. The summed E-state index contributed by atoms with van der Waals surface area (Å²) in [5.41, 5.74) is 0.0164. The molecule has 0 saturated carbocycles. The topological polar surface area (TPSA) is 58.0 Å². The van der Waals surface area contributed by atoms with Crippen LogP contribution in [0.2, 0.25) is 0 Å². The van der Waals surface area contributed by atoms with Gasteiger partial charge in [-0.3, -0.25) is 0 Å². The molecule has 28 heavy (non-hydrogen) atoms. The van der Waals surface area contributed by atoms with Crippen LogP contribution in [0.1, 0.15) is 16.7 Å². The molecule has 1 heterocycles. The number of hydrogen-bond donors (Lipinski definition) is 2. The lowest BCUT2D eigenvalue weighted by atomic mass is 10.1. The van der Waals surface area contributed by atoms with Gasteiger partial charge in [-0.15, -0.1) is 0 Å². The second kappa shape index (κ2) is 7.75. The van der Waals surface area contributed by atoms with Gasteiger partial charge in [-0.05, 0) is 24.6 Å². The number of aromatic amines is 1. The summed E-state index contributed by atoms with van der Waals surface area (Å²) in [6, 6.07) is 13.3. The highest BCUT2D eigenvalue weighted by atomic mass is 19.4. The molecule has 0 radical (unpaired) electrons. The molecule has 0 spiro atoms. The van der Waals surface area contributed by atoms with Crippen molar-refractivity contribution in [2.75, 3.05) is 12.4 Å². The second-order valence-electron chi connectivity index (χ2n) is 6.21. The van der Waals surface area contributed by atoms with Gasteiger partial charge in [0.05, 0.1) is 19.2 Å². The number of H-pyrrole nitrogens is 1. The summed E-state index contributed by atoms with van der Waals surface area (Å²) in [6.07, 6.45) is -2.95. The molecule has 0 amide bonds. The number of halogens is 3. The molecule has 0 fully saturated rings. The van der Waals surface area contributed by atoms with Crippen molar-refractivity contribution in [3.05, 3.63) is 81.8 Å². The zero-order chi connectivity index (χ0) is 20.3. The molecule has 0 aliphatic carbocycles. The highest BCUT2D eigenvalue weighted by Gasteiger charge is 2.33. The normalized spacial score (nSPS) is 11.3. The van der Waals surface area contributed by atoms with Gasteiger partial charge in [-0.1, -0.05) is 36.4 Å². The van der Waals surface area contributed by atoms with Gasteiger partial charge in [-0.25, -0.2) is 19.7 Å². The SMILES string of the molecule is COc1c[n+](Cc2ccccc2)c(Nc2cccc(C(F)(F)F)c2C)[nH]c1=O. The van der Waals surface area contributed by atoms with Crippen molar-refractivity contribution in [2.45, 2.75) is 19.6 Å². The molecule has 5 nitrogen and oxygen atoms in total. The van der Waals surface area contributed by atoms with E-state index in [0.29, 0.717) is 6.54 Å². The average Bonchev–Trinajstić information content (AvgIpc) is 2.65. The molecule has 3 aromatic rings. The Bertz CT molecular complexity index is 1030. The van der Waals surface area contributed by atoms with E-state index in [2.05, 4.69) is 10.3 Å². The first kappa shape index (κ1) is 19.5. The molecule has 3 rings (SSSR count). The van der Waals surface area contributed by atoms with Gasteiger partial charge in [0.1, 0.15) is 11.9 Å². The van der Waals surface area contributed by atoms with Crippen LogP contribution in [0.25, 0.3) is 0 Å². The third kappa shape index (κ3) is 4.16. The van der Waals surface area contributed by atoms with Crippen molar-refractivity contribution in [3.8, 4) is 5.75 Å². The molecular weight excluding hydrogens is 371 g/mol. The maximum absolute atomic E-state index is 13.2. The van der Waals surface area contributed by atoms with Gasteiger partial charge < -0.3 is 4.74 Å². The molecule has 2 aromatic carbocycles. The fourth-order valence-electron chi connectivity index (χ4n) is 2.86. The molecule has 0 bridgehead atoms. The van der Waals surface area contributed by atoms with E-state index < -0.39 is 17.3 Å². The minimum absolute atomic E-state index is 0.0397. The Morgan fingerprint density at radius 1 is 1.11 bits per heavy atom. The minimum atomic E-state index is -4.46. The van der Waals surface area contributed by atoms with E-state index in [0.717, 1.165) is 11.6 Å². The number of alkyl halides is 3. The molecule has 8 heteroatoms. The molecule has 2 N–H and O–H groups in total. The van der Waals surface area contributed by atoms with Crippen molar-refractivity contribution in [1.82, 2.24) is 4.98 Å². The van der Waals surface area contributed by atoms with Crippen LogP contribution >= 0.6 is 0 Å².